The molecule has 0 amide bonds. The molecule has 0 spiro atoms. The number of nitrogens with zero attached hydrogens (tertiary/aromatic N) is 3. The van der Waals surface area contributed by atoms with Crippen LogP contribution in [0.5, 0.6) is 0 Å². The predicted octanol–water partition coefficient (Wildman–Crippen LogP) is 2.87. The first-order valence-electron chi connectivity index (χ1n) is 6.22. The number of halogens is 1. The molecule has 0 saturated heterocycles. The third-order valence-corrected chi connectivity index (χ3v) is 3.88. The molecular weight excluding hydrogens is 326 g/mol. The van der Waals surface area contributed by atoms with Crippen molar-refractivity contribution in [1.82, 2.24) is 9.78 Å². The smallest absolute Gasteiger partial charge is 0.371 e. The standard InChI is InChI=1S/C13H12BrN3O3/c14-11-7-16(15-13(11)17(18)19)8-12-10-4-2-1-3-9(10)5-6-20-12/h1-4,7,12H,5-6,8H2. The van der Waals surface area contributed by atoms with Gasteiger partial charge in [0.05, 0.1) is 24.4 Å². The molecule has 0 fully saturated rings. The van der Waals surface area contributed by atoms with Gasteiger partial charge in [-0.25, -0.2) is 0 Å². The van der Waals surface area contributed by atoms with Crippen LogP contribution in [0.4, 0.5) is 5.82 Å². The lowest BCUT2D eigenvalue weighted by Gasteiger charge is -2.25. The van der Waals surface area contributed by atoms with Crippen LogP contribution in [0.15, 0.2) is 34.9 Å². The van der Waals surface area contributed by atoms with E-state index in [0.717, 1.165) is 12.0 Å². The summed E-state index contributed by atoms with van der Waals surface area (Å²) in [5.41, 5.74) is 2.40. The maximum Gasteiger partial charge on any atom is 0.404 e. The number of aromatic nitrogens is 2. The molecule has 2 aromatic rings. The zero-order valence-corrected chi connectivity index (χ0v) is 12.1. The van der Waals surface area contributed by atoms with Crippen LogP contribution < -0.4 is 0 Å². The van der Waals surface area contributed by atoms with Crippen molar-refractivity contribution in [2.24, 2.45) is 0 Å². The lowest BCUT2D eigenvalue weighted by molar-refractivity contribution is -0.390. The first kappa shape index (κ1) is 13.3. The molecule has 104 valence electrons. The molecule has 0 bridgehead atoms. The highest BCUT2D eigenvalue weighted by atomic mass is 79.9. The highest BCUT2D eigenvalue weighted by Crippen LogP contribution is 2.29. The van der Waals surface area contributed by atoms with Gasteiger partial charge in [-0.15, -0.1) is 0 Å². The highest BCUT2D eigenvalue weighted by molar-refractivity contribution is 9.10. The normalized spacial score (nSPS) is 17.8. The molecule has 1 atom stereocenters. The Kier molecular flexibility index (Phi) is 3.54. The predicted molar refractivity (Wildman–Crippen MR) is 75.4 cm³/mol. The summed E-state index contributed by atoms with van der Waals surface area (Å²) in [4.78, 5) is 10.3. The Hall–Kier alpha value is -1.73. The molecule has 1 unspecified atom stereocenters. The number of fused-ring (bicyclic) bond motifs is 1. The summed E-state index contributed by atoms with van der Waals surface area (Å²) >= 11 is 3.15. The minimum atomic E-state index is -0.504. The average Bonchev–Trinajstić information content (AvgIpc) is 2.80. The molecule has 0 aliphatic carbocycles. The molecule has 6 nitrogen and oxygen atoms in total. The van der Waals surface area contributed by atoms with Crippen molar-refractivity contribution >= 4 is 21.7 Å². The topological polar surface area (TPSA) is 70.2 Å². The molecular formula is C13H12BrN3O3. The molecule has 3 rings (SSSR count). The molecule has 2 heterocycles. The van der Waals surface area contributed by atoms with Gasteiger partial charge in [0.15, 0.2) is 0 Å². The van der Waals surface area contributed by atoms with E-state index in [2.05, 4.69) is 27.1 Å². The Labute approximate surface area is 123 Å². The van der Waals surface area contributed by atoms with Crippen LogP contribution in [0.1, 0.15) is 17.2 Å². The fourth-order valence-corrected chi connectivity index (χ4v) is 2.86. The first-order valence-corrected chi connectivity index (χ1v) is 7.01. The quantitative estimate of drug-likeness (QED) is 0.637. The van der Waals surface area contributed by atoms with Gasteiger partial charge in [0.2, 0.25) is 0 Å². The fraction of sp³-hybridized carbons (Fsp3) is 0.308. The van der Waals surface area contributed by atoms with E-state index in [-0.39, 0.29) is 11.9 Å². The Morgan fingerprint density at radius 1 is 1.50 bits per heavy atom. The lowest BCUT2D eigenvalue weighted by atomic mass is 9.98. The van der Waals surface area contributed by atoms with Crippen LogP contribution in [0, 0.1) is 10.1 Å². The van der Waals surface area contributed by atoms with Crippen LogP contribution in [0.3, 0.4) is 0 Å². The van der Waals surface area contributed by atoms with Gasteiger partial charge in [-0.1, -0.05) is 24.3 Å². The van der Waals surface area contributed by atoms with Gasteiger partial charge in [-0.3, -0.25) is 0 Å². The third kappa shape index (κ3) is 2.46. The molecule has 1 aliphatic rings. The minimum Gasteiger partial charge on any atom is -0.371 e. The van der Waals surface area contributed by atoms with Gasteiger partial charge in [0.1, 0.15) is 10.6 Å². The Balaban J connectivity index is 1.86. The van der Waals surface area contributed by atoms with E-state index in [1.807, 2.05) is 18.2 Å². The SMILES string of the molecule is O=[N+]([O-])c1nn(CC2OCCc3ccccc32)cc1Br. The van der Waals surface area contributed by atoms with Crippen molar-refractivity contribution < 1.29 is 9.66 Å². The average molecular weight is 338 g/mol. The largest absolute Gasteiger partial charge is 0.404 e. The molecule has 0 radical (unpaired) electrons. The molecule has 20 heavy (non-hydrogen) atoms. The fourth-order valence-electron chi connectivity index (χ4n) is 2.40. The monoisotopic (exact) mass is 337 g/mol. The van der Waals surface area contributed by atoms with Gasteiger partial charge < -0.3 is 14.9 Å². The Morgan fingerprint density at radius 2 is 2.30 bits per heavy atom. The zero-order chi connectivity index (χ0) is 14.1. The summed E-state index contributed by atoms with van der Waals surface area (Å²) in [6, 6.07) is 8.11. The highest BCUT2D eigenvalue weighted by Gasteiger charge is 2.25. The second-order valence-electron chi connectivity index (χ2n) is 4.59. The maximum atomic E-state index is 10.8. The van der Waals surface area contributed by atoms with Gasteiger partial charge in [0, 0.05) is 0 Å². The summed E-state index contributed by atoms with van der Waals surface area (Å²) in [6.07, 6.45) is 2.39. The lowest BCUT2D eigenvalue weighted by Crippen LogP contribution is -2.20. The molecule has 1 aliphatic heterocycles. The molecule has 0 saturated carbocycles. The summed E-state index contributed by atoms with van der Waals surface area (Å²) in [6.45, 7) is 1.12. The second-order valence-corrected chi connectivity index (χ2v) is 5.44. The molecule has 0 N–H and O–H groups in total. The summed E-state index contributed by atoms with van der Waals surface area (Å²) in [5, 5.41) is 14.8. The van der Waals surface area contributed by atoms with Crippen molar-refractivity contribution in [3.05, 3.63) is 56.2 Å². The van der Waals surface area contributed by atoms with E-state index in [9.17, 15) is 10.1 Å². The van der Waals surface area contributed by atoms with Gasteiger partial charge in [0.25, 0.3) is 0 Å². The van der Waals surface area contributed by atoms with Crippen molar-refractivity contribution in [1.29, 1.82) is 0 Å². The van der Waals surface area contributed by atoms with E-state index in [0.29, 0.717) is 17.6 Å². The summed E-state index contributed by atoms with van der Waals surface area (Å²) in [7, 11) is 0. The van der Waals surface area contributed by atoms with E-state index in [1.165, 1.54) is 5.56 Å². The number of hydrogen-bond donors (Lipinski definition) is 0. The molecule has 1 aromatic heterocycles. The van der Waals surface area contributed by atoms with Crippen molar-refractivity contribution in [3.8, 4) is 0 Å². The second kappa shape index (κ2) is 5.34. The number of rotatable bonds is 3. The number of hydrogen-bond acceptors (Lipinski definition) is 4. The van der Waals surface area contributed by atoms with E-state index >= 15 is 0 Å². The Bertz CT molecular complexity index is 656. The molecule has 1 aromatic carbocycles. The summed E-state index contributed by atoms with van der Waals surface area (Å²) < 4.78 is 7.70. The van der Waals surface area contributed by atoms with Crippen LogP contribution in [0.2, 0.25) is 0 Å². The van der Waals surface area contributed by atoms with Gasteiger partial charge in [-0.2, -0.15) is 4.68 Å². The molecule has 7 heteroatoms. The van der Waals surface area contributed by atoms with Gasteiger partial charge >= 0.3 is 5.82 Å². The van der Waals surface area contributed by atoms with E-state index < -0.39 is 4.92 Å². The zero-order valence-electron chi connectivity index (χ0n) is 10.5. The van der Waals surface area contributed by atoms with Crippen LogP contribution in [-0.2, 0) is 17.7 Å². The third-order valence-electron chi connectivity index (χ3n) is 3.32. The number of benzene rings is 1. The van der Waals surface area contributed by atoms with Crippen LogP contribution in [0.25, 0.3) is 0 Å². The van der Waals surface area contributed by atoms with Crippen molar-refractivity contribution in [3.63, 3.8) is 0 Å². The Morgan fingerprint density at radius 3 is 3.05 bits per heavy atom. The summed E-state index contributed by atoms with van der Waals surface area (Å²) in [5.74, 6) is -0.172. The van der Waals surface area contributed by atoms with Crippen molar-refractivity contribution in [2.75, 3.05) is 6.61 Å². The van der Waals surface area contributed by atoms with Crippen molar-refractivity contribution in [2.45, 2.75) is 19.1 Å². The number of nitro groups is 1. The van der Waals surface area contributed by atoms with E-state index in [4.69, 9.17) is 4.74 Å². The van der Waals surface area contributed by atoms with E-state index in [1.54, 1.807) is 10.9 Å². The number of ether oxygens (including phenoxy) is 1. The maximum absolute atomic E-state index is 10.8. The minimum absolute atomic E-state index is 0.119. The van der Waals surface area contributed by atoms with Crippen LogP contribution in [-0.4, -0.2) is 21.3 Å². The van der Waals surface area contributed by atoms with Crippen LogP contribution >= 0.6 is 15.9 Å². The van der Waals surface area contributed by atoms with Gasteiger partial charge in [-0.05, 0) is 38.4 Å². The first-order chi connectivity index (χ1) is 9.65.